The molecule has 0 bridgehead atoms. The Balaban J connectivity index is 1.54. The highest BCUT2D eigenvalue weighted by molar-refractivity contribution is 7.99. The number of benzene rings is 1. The number of hydrogen-bond acceptors (Lipinski definition) is 6. The van der Waals surface area contributed by atoms with Crippen LogP contribution in [0.5, 0.6) is 5.75 Å². The molecule has 0 unspecified atom stereocenters. The van der Waals surface area contributed by atoms with Crippen molar-refractivity contribution in [3.63, 3.8) is 0 Å². The first-order valence-electron chi connectivity index (χ1n) is 7.91. The summed E-state index contributed by atoms with van der Waals surface area (Å²) in [5.74, 6) is 0.430. The number of nitrogens with one attached hydrogen (secondary N) is 1. The number of thioether (sulfide) groups is 1. The molecule has 5 nitrogen and oxygen atoms in total. The summed E-state index contributed by atoms with van der Waals surface area (Å²) in [7, 11) is 1.59. The van der Waals surface area contributed by atoms with E-state index in [-0.39, 0.29) is 11.7 Å². The van der Waals surface area contributed by atoms with E-state index in [1.165, 1.54) is 17.4 Å². The van der Waals surface area contributed by atoms with Gasteiger partial charge < -0.3 is 10.1 Å². The quantitative estimate of drug-likeness (QED) is 0.566. The zero-order valence-electron chi connectivity index (χ0n) is 14.5. The van der Waals surface area contributed by atoms with Crippen molar-refractivity contribution in [3.8, 4) is 17.0 Å². The Kier molecular flexibility index (Phi) is 6.20. The molecule has 10 heteroatoms. The number of amides is 1. The fourth-order valence-electron chi connectivity index (χ4n) is 2.15. The molecule has 1 N–H and O–H groups in total. The summed E-state index contributed by atoms with van der Waals surface area (Å²) in [5.41, 5.74) is 0.788. The minimum Gasteiger partial charge on any atom is -0.497 e. The monoisotopic (exact) mass is 425 g/mol. The molecule has 0 atom stereocenters. The van der Waals surface area contributed by atoms with Crippen molar-refractivity contribution in [2.45, 2.75) is 11.2 Å². The zero-order valence-corrected chi connectivity index (χ0v) is 16.1. The van der Waals surface area contributed by atoms with Crippen molar-refractivity contribution in [1.29, 1.82) is 0 Å². The number of aromatic nitrogens is 2. The van der Waals surface area contributed by atoms with Gasteiger partial charge in [0.1, 0.15) is 5.75 Å². The lowest BCUT2D eigenvalue weighted by Gasteiger charge is -2.06. The van der Waals surface area contributed by atoms with Crippen LogP contribution < -0.4 is 10.1 Å². The van der Waals surface area contributed by atoms with E-state index < -0.39 is 11.7 Å². The smallest absolute Gasteiger partial charge is 0.417 e. The van der Waals surface area contributed by atoms with Gasteiger partial charge in [0.2, 0.25) is 5.91 Å². The van der Waals surface area contributed by atoms with Crippen LogP contribution in [0.25, 0.3) is 11.3 Å². The second-order valence-corrected chi connectivity index (χ2v) is 7.34. The highest BCUT2D eigenvalue weighted by atomic mass is 32.2. The topological polar surface area (TPSA) is 64.1 Å². The summed E-state index contributed by atoms with van der Waals surface area (Å²) in [6.07, 6.45) is -3.68. The van der Waals surface area contributed by atoms with Crippen molar-refractivity contribution in [1.82, 2.24) is 9.97 Å². The maximum absolute atomic E-state index is 12.5. The van der Waals surface area contributed by atoms with E-state index in [0.29, 0.717) is 10.2 Å². The first-order valence-corrected chi connectivity index (χ1v) is 9.77. The molecule has 2 aromatic heterocycles. The molecule has 0 spiro atoms. The third-order valence-corrected chi connectivity index (χ3v) is 5.25. The minimum atomic E-state index is -4.43. The third kappa shape index (κ3) is 5.23. The van der Waals surface area contributed by atoms with Crippen LogP contribution in [0.15, 0.2) is 53.0 Å². The van der Waals surface area contributed by atoms with Crippen LogP contribution in [0, 0.1) is 0 Å². The van der Waals surface area contributed by atoms with Crippen LogP contribution in [-0.2, 0) is 11.0 Å². The fourth-order valence-corrected chi connectivity index (χ4v) is 3.53. The van der Waals surface area contributed by atoms with Crippen molar-refractivity contribution >= 4 is 34.1 Å². The molecule has 0 aliphatic heterocycles. The van der Waals surface area contributed by atoms with E-state index in [0.717, 1.165) is 41.0 Å². The van der Waals surface area contributed by atoms with Crippen LogP contribution in [0.1, 0.15) is 5.56 Å². The number of rotatable bonds is 6. The second-order valence-electron chi connectivity index (χ2n) is 5.49. The molecule has 3 rings (SSSR count). The van der Waals surface area contributed by atoms with E-state index in [9.17, 15) is 18.0 Å². The molecular formula is C18H14F3N3O2S2. The number of methoxy groups -OCH3 is 1. The Labute approximate surface area is 167 Å². The van der Waals surface area contributed by atoms with Gasteiger partial charge in [0.05, 0.1) is 29.1 Å². The lowest BCUT2D eigenvalue weighted by Crippen LogP contribution is -2.14. The van der Waals surface area contributed by atoms with Crippen molar-refractivity contribution in [2.24, 2.45) is 0 Å². The summed E-state index contributed by atoms with van der Waals surface area (Å²) in [6, 6.07) is 9.56. The predicted molar refractivity (Wildman–Crippen MR) is 103 cm³/mol. The van der Waals surface area contributed by atoms with Crippen molar-refractivity contribution in [2.75, 3.05) is 18.2 Å². The van der Waals surface area contributed by atoms with E-state index in [1.807, 2.05) is 29.6 Å². The standard InChI is InChI=1S/C18H14F3N3O2S2/c1-26-13-5-2-11(3-6-13)14-9-28-17(23-14)24-15(25)10-27-16-7-4-12(8-22-16)18(19,20)21/h2-9H,10H2,1H3,(H,23,24,25). The second kappa shape index (κ2) is 8.61. The Hall–Kier alpha value is -2.59. The summed E-state index contributed by atoms with van der Waals surface area (Å²) < 4.78 is 42.7. The van der Waals surface area contributed by atoms with Gasteiger partial charge in [-0.15, -0.1) is 11.3 Å². The van der Waals surface area contributed by atoms with Crippen LogP contribution in [0.4, 0.5) is 18.3 Å². The first-order chi connectivity index (χ1) is 13.3. The molecule has 2 heterocycles. The Morgan fingerprint density at radius 2 is 1.96 bits per heavy atom. The molecule has 0 aliphatic rings. The molecule has 0 radical (unpaired) electrons. The summed E-state index contributed by atoms with van der Waals surface area (Å²) in [4.78, 5) is 20.1. The van der Waals surface area contributed by atoms with Gasteiger partial charge in [0, 0.05) is 17.1 Å². The number of anilines is 1. The maximum atomic E-state index is 12.5. The van der Waals surface area contributed by atoms with Crippen LogP contribution in [0.2, 0.25) is 0 Å². The highest BCUT2D eigenvalue weighted by Crippen LogP contribution is 2.30. The molecule has 0 aliphatic carbocycles. The zero-order chi connectivity index (χ0) is 20.1. The number of hydrogen-bond donors (Lipinski definition) is 1. The normalized spacial score (nSPS) is 11.3. The average Bonchev–Trinajstić information content (AvgIpc) is 3.14. The molecule has 0 fully saturated rings. The molecule has 146 valence electrons. The van der Waals surface area contributed by atoms with Gasteiger partial charge in [-0.1, -0.05) is 11.8 Å². The number of alkyl halides is 3. The molecular weight excluding hydrogens is 411 g/mol. The van der Waals surface area contributed by atoms with Gasteiger partial charge in [0.15, 0.2) is 5.13 Å². The Bertz CT molecular complexity index is 942. The maximum Gasteiger partial charge on any atom is 0.417 e. The molecule has 3 aromatic rings. The molecule has 0 saturated carbocycles. The summed E-state index contributed by atoms with van der Waals surface area (Å²) in [5, 5.41) is 5.27. The SMILES string of the molecule is COc1ccc(-c2csc(NC(=O)CSc3ccc(C(F)(F)F)cn3)n2)cc1. The molecule has 1 amide bonds. The number of thiazole rings is 1. The van der Waals surface area contributed by atoms with Gasteiger partial charge in [-0.3, -0.25) is 4.79 Å². The van der Waals surface area contributed by atoms with Gasteiger partial charge in [-0.2, -0.15) is 13.2 Å². The van der Waals surface area contributed by atoms with E-state index in [1.54, 1.807) is 7.11 Å². The van der Waals surface area contributed by atoms with E-state index >= 15 is 0 Å². The van der Waals surface area contributed by atoms with Gasteiger partial charge in [0.25, 0.3) is 0 Å². The first kappa shape index (κ1) is 20.2. The average molecular weight is 425 g/mol. The van der Waals surface area contributed by atoms with Gasteiger partial charge in [-0.25, -0.2) is 9.97 Å². The van der Waals surface area contributed by atoms with Crippen LogP contribution in [0.3, 0.4) is 0 Å². The number of nitrogens with zero attached hydrogens (tertiary/aromatic N) is 2. The van der Waals surface area contributed by atoms with Crippen molar-refractivity contribution < 1.29 is 22.7 Å². The number of pyridine rings is 1. The minimum absolute atomic E-state index is 0.00974. The number of halogens is 3. The van der Waals surface area contributed by atoms with Crippen molar-refractivity contribution in [3.05, 3.63) is 53.5 Å². The Morgan fingerprint density at radius 3 is 2.57 bits per heavy atom. The number of ether oxygens (including phenoxy) is 1. The largest absolute Gasteiger partial charge is 0.497 e. The summed E-state index contributed by atoms with van der Waals surface area (Å²) in [6.45, 7) is 0. The van der Waals surface area contributed by atoms with E-state index in [2.05, 4.69) is 15.3 Å². The summed E-state index contributed by atoms with van der Waals surface area (Å²) >= 11 is 2.33. The van der Waals surface area contributed by atoms with Gasteiger partial charge >= 0.3 is 6.18 Å². The lowest BCUT2D eigenvalue weighted by molar-refractivity contribution is -0.137. The number of carbonyl (C=O) groups excluding carboxylic acids is 1. The molecule has 0 saturated heterocycles. The fraction of sp³-hybridized carbons (Fsp3) is 0.167. The van der Waals surface area contributed by atoms with E-state index in [4.69, 9.17) is 4.74 Å². The van der Waals surface area contributed by atoms with Crippen LogP contribution >= 0.6 is 23.1 Å². The predicted octanol–water partition coefficient (Wildman–Crippen LogP) is 4.96. The number of carbonyl (C=O) groups is 1. The third-order valence-electron chi connectivity index (χ3n) is 3.55. The van der Waals surface area contributed by atoms with Gasteiger partial charge in [-0.05, 0) is 36.4 Å². The molecule has 28 heavy (non-hydrogen) atoms. The van der Waals surface area contributed by atoms with Crippen LogP contribution in [-0.4, -0.2) is 28.7 Å². The molecule has 1 aromatic carbocycles. The highest BCUT2D eigenvalue weighted by Gasteiger charge is 2.30. The Morgan fingerprint density at radius 1 is 1.21 bits per heavy atom. The lowest BCUT2D eigenvalue weighted by atomic mass is 10.2.